The van der Waals surface area contributed by atoms with Crippen molar-refractivity contribution < 1.29 is 22.7 Å². The summed E-state index contributed by atoms with van der Waals surface area (Å²) in [7, 11) is 0.782. The summed E-state index contributed by atoms with van der Waals surface area (Å²) in [4.78, 5) is 13.0. The van der Waals surface area contributed by atoms with Crippen molar-refractivity contribution >= 4 is 21.6 Å². The zero-order chi connectivity index (χ0) is 23.1. The fraction of sp³-hybridized carbons (Fsp3) is 0.208. The van der Waals surface area contributed by atoms with Crippen LogP contribution >= 0.6 is 0 Å². The molecular formula is C24H26N2O5S. The van der Waals surface area contributed by atoms with Gasteiger partial charge in [-0.05, 0) is 54.1 Å². The van der Waals surface area contributed by atoms with E-state index in [9.17, 15) is 13.2 Å². The van der Waals surface area contributed by atoms with Crippen molar-refractivity contribution in [2.45, 2.75) is 17.4 Å². The number of sulfonamides is 1. The Morgan fingerprint density at radius 2 is 1.41 bits per heavy atom. The summed E-state index contributed by atoms with van der Waals surface area (Å²) >= 11 is 0. The van der Waals surface area contributed by atoms with Gasteiger partial charge in [0.1, 0.15) is 11.5 Å². The van der Waals surface area contributed by atoms with Gasteiger partial charge in [-0.1, -0.05) is 30.3 Å². The lowest BCUT2D eigenvalue weighted by molar-refractivity contribution is -0.117. The van der Waals surface area contributed by atoms with Crippen molar-refractivity contribution in [2.75, 3.05) is 26.6 Å². The molecule has 8 heteroatoms. The van der Waals surface area contributed by atoms with Gasteiger partial charge in [-0.3, -0.25) is 4.79 Å². The smallest absolute Gasteiger partial charge is 0.243 e. The molecule has 0 aliphatic rings. The summed E-state index contributed by atoms with van der Waals surface area (Å²) in [5.74, 6) is 1.00. The standard InChI is InChI=1S/C24H26N2O5S/c1-26(32(28,29)22-7-5-4-6-8-22)23(18-9-13-20(30-2)14-10-18)17-24(27)25-19-11-15-21(31-3)16-12-19/h4-16,23H,17H2,1-3H3,(H,25,27)/t23-/m0/s1. The summed E-state index contributed by atoms with van der Waals surface area (Å²) < 4.78 is 38.0. The molecule has 32 heavy (non-hydrogen) atoms. The first-order valence-corrected chi connectivity index (χ1v) is 11.4. The highest BCUT2D eigenvalue weighted by molar-refractivity contribution is 7.89. The van der Waals surface area contributed by atoms with Gasteiger partial charge in [-0.15, -0.1) is 0 Å². The van der Waals surface area contributed by atoms with E-state index in [2.05, 4.69) is 5.32 Å². The molecule has 0 saturated heterocycles. The molecule has 0 bridgehead atoms. The number of rotatable bonds is 9. The third-order valence-electron chi connectivity index (χ3n) is 5.11. The third kappa shape index (κ3) is 5.46. The predicted molar refractivity (Wildman–Crippen MR) is 123 cm³/mol. The van der Waals surface area contributed by atoms with Crippen molar-refractivity contribution in [1.82, 2.24) is 4.31 Å². The molecule has 168 valence electrons. The first-order chi connectivity index (χ1) is 15.3. The van der Waals surface area contributed by atoms with Crippen molar-refractivity contribution in [3.8, 4) is 11.5 Å². The van der Waals surface area contributed by atoms with Gasteiger partial charge < -0.3 is 14.8 Å². The minimum atomic E-state index is -3.82. The van der Waals surface area contributed by atoms with Crippen LogP contribution in [0.2, 0.25) is 0 Å². The highest BCUT2D eigenvalue weighted by atomic mass is 32.2. The molecular weight excluding hydrogens is 428 g/mol. The maximum absolute atomic E-state index is 13.2. The number of nitrogens with one attached hydrogen (secondary N) is 1. The molecule has 7 nitrogen and oxygen atoms in total. The van der Waals surface area contributed by atoms with Gasteiger partial charge in [-0.25, -0.2) is 8.42 Å². The summed E-state index contributed by atoms with van der Waals surface area (Å²) in [5, 5.41) is 2.82. The summed E-state index contributed by atoms with van der Waals surface area (Å²) in [5.41, 5.74) is 1.27. The van der Waals surface area contributed by atoms with Crippen molar-refractivity contribution in [2.24, 2.45) is 0 Å². The molecule has 0 fully saturated rings. The van der Waals surface area contributed by atoms with E-state index in [-0.39, 0.29) is 17.2 Å². The number of hydrogen-bond donors (Lipinski definition) is 1. The SMILES string of the molecule is COc1ccc(NC(=O)C[C@@H](c2ccc(OC)cc2)N(C)S(=O)(=O)c2ccccc2)cc1. The minimum absolute atomic E-state index is 0.0685. The lowest BCUT2D eigenvalue weighted by Crippen LogP contribution is -2.33. The Labute approximate surface area is 188 Å². The molecule has 1 amide bonds. The summed E-state index contributed by atoms with van der Waals surface area (Å²) in [6, 6.07) is 21.4. The quantitative estimate of drug-likeness (QED) is 0.526. The van der Waals surface area contributed by atoms with Crippen LogP contribution in [0.5, 0.6) is 11.5 Å². The third-order valence-corrected chi connectivity index (χ3v) is 6.99. The average molecular weight is 455 g/mol. The molecule has 0 heterocycles. The van der Waals surface area contributed by atoms with Crippen LogP contribution in [0, 0.1) is 0 Å². The number of hydrogen-bond acceptors (Lipinski definition) is 5. The second kappa shape index (κ2) is 10.3. The van der Waals surface area contributed by atoms with Crippen LogP contribution in [-0.4, -0.2) is 39.9 Å². The number of carbonyl (C=O) groups is 1. The number of nitrogens with zero attached hydrogens (tertiary/aromatic N) is 1. The van der Waals surface area contributed by atoms with Gasteiger partial charge in [-0.2, -0.15) is 4.31 Å². The molecule has 3 aromatic carbocycles. The van der Waals surface area contributed by atoms with E-state index in [0.717, 1.165) is 0 Å². The first-order valence-electron chi connectivity index (χ1n) is 9.96. The number of amides is 1. The van der Waals surface area contributed by atoms with E-state index in [4.69, 9.17) is 9.47 Å². The van der Waals surface area contributed by atoms with Crippen LogP contribution in [-0.2, 0) is 14.8 Å². The molecule has 3 aromatic rings. The van der Waals surface area contributed by atoms with Gasteiger partial charge in [0, 0.05) is 19.2 Å². The zero-order valence-corrected chi connectivity index (χ0v) is 19.0. The molecule has 0 saturated carbocycles. The average Bonchev–Trinajstić information content (AvgIpc) is 2.83. The maximum atomic E-state index is 13.2. The van der Waals surface area contributed by atoms with Gasteiger partial charge >= 0.3 is 0 Å². The van der Waals surface area contributed by atoms with Crippen LogP contribution in [0.3, 0.4) is 0 Å². The van der Waals surface area contributed by atoms with Crippen molar-refractivity contribution in [3.63, 3.8) is 0 Å². The second-order valence-electron chi connectivity index (χ2n) is 7.10. The fourth-order valence-electron chi connectivity index (χ4n) is 3.27. The summed E-state index contributed by atoms with van der Waals surface area (Å²) in [6.45, 7) is 0. The van der Waals surface area contributed by atoms with E-state index in [1.54, 1.807) is 80.9 Å². The van der Waals surface area contributed by atoms with Crippen LogP contribution in [0.4, 0.5) is 5.69 Å². The molecule has 0 spiro atoms. The van der Waals surface area contributed by atoms with E-state index < -0.39 is 16.1 Å². The lowest BCUT2D eigenvalue weighted by atomic mass is 10.0. The van der Waals surface area contributed by atoms with Crippen LogP contribution in [0.25, 0.3) is 0 Å². The maximum Gasteiger partial charge on any atom is 0.243 e. The molecule has 1 atom stereocenters. The molecule has 0 aliphatic heterocycles. The number of benzene rings is 3. The zero-order valence-electron chi connectivity index (χ0n) is 18.2. The topological polar surface area (TPSA) is 84.9 Å². The highest BCUT2D eigenvalue weighted by Gasteiger charge is 2.31. The fourth-order valence-corrected chi connectivity index (χ4v) is 4.64. The number of anilines is 1. The highest BCUT2D eigenvalue weighted by Crippen LogP contribution is 2.30. The van der Waals surface area contributed by atoms with E-state index >= 15 is 0 Å². The van der Waals surface area contributed by atoms with E-state index in [0.29, 0.717) is 22.7 Å². The van der Waals surface area contributed by atoms with Crippen LogP contribution in [0.1, 0.15) is 18.0 Å². The number of carbonyl (C=O) groups excluding carboxylic acids is 1. The van der Waals surface area contributed by atoms with Gasteiger partial charge in [0.15, 0.2) is 0 Å². The van der Waals surface area contributed by atoms with Gasteiger partial charge in [0.05, 0.1) is 25.2 Å². The minimum Gasteiger partial charge on any atom is -0.497 e. The molecule has 0 radical (unpaired) electrons. The van der Waals surface area contributed by atoms with Crippen molar-refractivity contribution in [3.05, 3.63) is 84.4 Å². The second-order valence-corrected chi connectivity index (χ2v) is 9.10. The van der Waals surface area contributed by atoms with E-state index in [1.165, 1.54) is 23.5 Å². The molecule has 0 unspecified atom stereocenters. The molecule has 0 aromatic heterocycles. The predicted octanol–water partition coefficient (Wildman–Crippen LogP) is 4.09. The molecule has 3 rings (SSSR count). The Morgan fingerprint density at radius 3 is 1.94 bits per heavy atom. The Balaban J connectivity index is 1.88. The Kier molecular flexibility index (Phi) is 7.50. The van der Waals surface area contributed by atoms with E-state index in [1.807, 2.05) is 0 Å². The largest absolute Gasteiger partial charge is 0.497 e. The van der Waals surface area contributed by atoms with Crippen LogP contribution < -0.4 is 14.8 Å². The van der Waals surface area contributed by atoms with Crippen LogP contribution in [0.15, 0.2) is 83.8 Å². The Morgan fingerprint density at radius 1 is 0.875 bits per heavy atom. The number of ether oxygens (including phenoxy) is 2. The van der Waals surface area contributed by atoms with Gasteiger partial charge in [0.25, 0.3) is 0 Å². The van der Waals surface area contributed by atoms with Crippen molar-refractivity contribution in [1.29, 1.82) is 0 Å². The first kappa shape index (κ1) is 23.3. The lowest BCUT2D eigenvalue weighted by Gasteiger charge is -2.28. The Hall–Kier alpha value is -3.36. The molecule has 1 N–H and O–H groups in total. The summed E-state index contributed by atoms with van der Waals surface area (Å²) in [6.07, 6.45) is -0.0685. The normalized spacial score (nSPS) is 12.2. The van der Waals surface area contributed by atoms with Gasteiger partial charge in [0.2, 0.25) is 15.9 Å². The molecule has 0 aliphatic carbocycles. The Bertz CT molecular complexity index is 1130. The number of methoxy groups -OCH3 is 2. The monoisotopic (exact) mass is 454 g/mol.